The highest BCUT2D eigenvalue weighted by Gasteiger charge is 2.33. The maximum Gasteiger partial charge on any atom is 0.255 e. The second-order valence-corrected chi connectivity index (χ2v) is 7.35. The SMILES string of the molecule is CC1=C(C(=O)Nc2ccc(C)cc2C)C(c2ccc(Cl)cc2)n2ncnc2N1. The average Bonchev–Trinajstić information content (AvgIpc) is 3.11. The van der Waals surface area contributed by atoms with Gasteiger partial charge in [-0.25, -0.2) is 4.68 Å². The number of carbonyl (C=O) groups is 1. The Labute approximate surface area is 168 Å². The molecule has 0 saturated heterocycles. The van der Waals surface area contributed by atoms with Crippen LogP contribution in [0.1, 0.15) is 29.7 Å². The van der Waals surface area contributed by atoms with Crippen LogP contribution in [-0.4, -0.2) is 20.7 Å². The molecule has 0 saturated carbocycles. The summed E-state index contributed by atoms with van der Waals surface area (Å²) in [6, 6.07) is 13.0. The normalized spacial score (nSPS) is 15.8. The first-order valence-electron chi connectivity index (χ1n) is 8.95. The zero-order chi connectivity index (χ0) is 19.8. The van der Waals surface area contributed by atoms with E-state index in [2.05, 4.69) is 20.7 Å². The molecule has 4 rings (SSSR count). The Morgan fingerprint density at radius 2 is 1.89 bits per heavy atom. The summed E-state index contributed by atoms with van der Waals surface area (Å²) in [6.45, 7) is 5.88. The molecule has 7 heteroatoms. The lowest BCUT2D eigenvalue weighted by Gasteiger charge is -2.29. The summed E-state index contributed by atoms with van der Waals surface area (Å²) < 4.78 is 1.72. The van der Waals surface area contributed by atoms with Gasteiger partial charge in [0, 0.05) is 16.4 Å². The molecule has 1 unspecified atom stereocenters. The lowest BCUT2D eigenvalue weighted by atomic mass is 9.95. The summed E-state index contributed by atoms with van der Waals surface area (Å²) in [4.78, 5) is 17.6. The molecule has 1 atom stereocenters. The standard InChI is InChI=1S/C21H20ClN5O/c1-12-4-9-17(13(2)10-12)26-20(28)18-14(3)25-21-23-11-24-27(21)19(18)15-5-7-16(22)8-6-15/h4-11,19H,1-3H3,(H,26,28)(H,23,24,25). The number of hydrogen-bond acceptors (Lipinski definition) is 4. The molecule has 1 aliphatic heterocycles. The fourth-order valence-electron chi connectivity index (χ4n) is 3.48. The average molecular weight is 394 g/mol. The number of hydrogen-bond donors (Lipinski definition) is 2. The van der Waals surface area contributed by atoms with Gasteiger partial charge in [0.2, 0.25) is 5.95 Å². The Bertz CT molecular complexity index is 1080. The number of fused-ring (bicyclic) bond motifs is 1. The first-order valence-corrected chi connectivity index (χ1v) is 9.33. The number of aromatic nitrogens is 3. The Balaban J connectivity index is 1.76. The van der Waals surface area contributed by atoms with Crippen molar-refractivity contribution in [2.75, 3.05) is 10.6 Å². The van der Waals surface area contributed by atoms with Gasteiger partial charge in [0.05, 0.1) is 5.57 Å². The van der Waals surface area contributed by atoms with Gasteiger partial charge >= 0.3 is 0 Å². The van der Waals surface area contributed by atoms with Crippen LogP contribution < -0.4 is 10.6 Å². The van der Waals surface area contributed by atoms with Gasteiger partial charge in [0.1, 0.15) is 12.4 Å². The number of aryl methyl sites for hydroxylation is 2. The van der Waals surface area contributed by atoms with E-state index in [0.717, 1.165) is 28.1 Å². The van der Waals surface area contributed by atoms with E-state index in [1.165, 1.54) is 6.33 Å². The van der Waals surface area contributed by atoms with E-state index in [1.54, 1.807) is 4.68 Å². The molecule has 1 amide bonds. The van der Waals surface area contributed by atoms with E-state index in [9.17, 15) is 4.79 Å². The monoisotopic (exact) mass is 393 g/mol. The van der Waals surface area contributed by atoms with Crippen LogP contribution in [0, 0.1) is 13.8 Å². The second-order valence-electron chi connectivity index (χ2n) is 6.92. The summed E-state index contributed by atoms with van der Waals surface area (Å²) >= 11 is 6.06. The van der Waals surface area contributed by atoms with Gasteiger partial charge in [-0.1, -0.05) is 41.4 Å². The van der Waals surface area contributed by atoms with Crippen LogP contribution in [0.4, 0.5) is 11.6 Å². The van der Waals surface area contributed by atoms with E-state index in [4.69, 9.17) is 11.6 Å². The van der Waals surface area contributed by atoms with Crippen LogP contribution in [0.5, 0.6) is 0 Å². The summed E-state index contributed by atoms with van der Waals surface area (Å²) in [7, 11) is 0. The van der Waals surface area contributed by atoms with Crippen molar-refractivity contribution in [3.8, 4) is 0 Å². The number of anilines is 2. The summed E-state index contributed by atoms with van der Waals surface area (Å²) in [6.07, 6.45) is 1.48. The summed E-state index contributed by atoms with van der Waals surface area (Å²) in [5.74, 6) is 0.415. The summed E-state index contributed by atoms with van der Waals surface area (Å²) in [5.41, 5.74) is 5.18. The largest absolute Gasteiger partial charge is 0.328 e. The number of benzene rings is 2. The van der Waals surface area contributed by atoms with Crippen molar-refractivity contribution in [3.63, 3.8) is 0 Å². The molecule has 0 aliphatic carbocycles. The van der Waals surface area contributed by atoms with Crippen molar-refractivity contribution in [2.45, 2.75) is 26.8 Å². The number of halogens is 1. The van der Waals surface area contributed by atoms with E-state index >= 15 is 0 Å². The van der Waals surface area contributed by atoms with Crippen molar-refractivity contribution in [1.82, 2.24) is 14.8 Å². The molecule has 2 heterocycles. The third-order valence-corrected chi connectivity index (χ3v) is 5.11. The molecule has 0 radical (unpaired) electrons. The van der Waals surface area contributed by atoms with Gasteiger partial charge in [-0.3, -0.25) is 4.79 Å². The van der Waals surface area contributed by atoms with Crippen LogP contribution in [0.2, 0.25) is 5.02 Å². The highest BCUT2D eigenvalue weighted by atomic mass is 35.5. The number of amides is 1. The van der Waals surface area contributed by atoms with Crippen LogP contribution in [0.3, 0.4) is 0 Å². The minimum absolute atomic E-state index is 0.182. The van der Waals surface area contributed by atoms with E-state index in [0.29, 0.717) is 16.5 Å². The number of carbonyl (C=O) groups excluding carboxylic acids is 1. The van der Waals surface area contributed by atoms with Gasteiger partial charge in [0.15, 0.2) is 0 Å². The van der Waals surface area contributed by atoms with Crippen LogP contribution >= 0.6 is 11.6 Å². The molecule has 0 spiro atoms. The fourth-order valence-corrected chi connectivity index (χ4v) is 3.61. The first kappa shape index (κ1) is 18.3. The number of nitrogens with zero attached hydrogens (tertiary/aromatic N) is 3. The topological polar surface area (TPSA) is 71.8 Å². The Morgan fingerprint density at radius 1 is 1.14 bits per heavy atom. The summed E-state index contributed by atoms with van der Waals surface area (Å²) in [5, 5.41) is 11.2. The molecule has 3 aromatic rings. The van der Waals surface area contributed by atoms with Gasteiger partial charge in [-0.05, 0) is 50.1 Å². The van der Waals surface area contributed by atoms with Crippen LogP contribution in [0.25, 0.3) is 0 Å². The lowest BCUT2D eigenvalue weighted by Crippen LogP contribution is -2.31. The predicted octanol–water partition coefficient (Wildman–Crippen LogP) is 4.48. The maximum atomic E-state index is 13.3. The van der Waals surface area contributed by atoms with Crippen molar-refractivity contribution in [3.05, 3.63) is 81.8 Å². The number of allylic oxidation sites excluding steroid dienone is 1. The molecule has 1 aromatic heterocycles. The third kappa shape index (κ3) is 3.27. The minimum Gasteiger partial charge on any atom is -0.328 e. The number of rotatable bonds is 3. The van der Waals surface area contributed by atoms with Gasteiger partial charge in [0.25, 0.3) is 5.91 Å². The molecule has 1 aliphatic rings. The van der Waals surface area contributed by atoms with Gasteiger partial charge < -0.3 is 10.6 Å². The Hall–Kier alpha value is -3.12. The predicted molar refractivity (Wildman–Crippen MR) is 110 cm³/mol. The van der Waals surface area contributed by atoms with Crippen LogP contribution in [0.15, 0.2) is 60.1 Å². The zero-order valence-electron chi connectivity index (χ0n) is 15.8. The lowest BCUT2D eigenvalue weighted by molar-refractivity contribution is -0.113. The molecule has 28 heavy (non-hydrogen) atoms. The molecule has 142 valence electrons. The Kier molecular flexibility index (Phi) is 4.65. The molecule has 2 N–H and O–H groups in total. The van der Waals surface area contributed by atoms with E-state index in [1.807, 2.05) is 63.2 Å². The number of nitrogens with one attached hydrogen (secondary N) is 2. The molecule has 0 fully saturated rings. The smallest absolute Gasteiger partial charge is 0.255 e. The molecule has 6 nitrogen and oxygen atoms in total. The minimum atomic E-state index is -0.401. The van der Waals surface area contributed by atoms with Crippen molar-refractivity contribution in [2.24, 2.45) is 0 Å². The quantitative estimate of drug-likeness (QED) is 0.688. The second kappa shape index (κ2) is 7.13. The maximum absolute atomic E-state index is 13.3. The zero-order valence-corrected chi connectivity index (χ0v) is 16.6. The third-order valence-electron chi connectivity index (χ3n) is 4.85. The van der Waals surface area contributed by atoms with Crippen molar-refractivity contribution < 1.29 is 4.79 Å². The highest BCUT2D eigenvalue weighted by Crippen LogP contribution is 2.35. The molecule has 2 aromatic carbocycles. The first-order chi connectivity index (χ1) is 13.4. The van der Waals surface area contributed by atoms with Gasteiger partial charge in [-0.15, -0.1) is 0 Å². The van der Waals surface area contributed by atoms with Crippen molar-refractivity contribution in [1.29, 1.82) is 0 Å². The van der Waals surface area contributed by atoms with Gasteiger partial charge in [-0.2, -0.15) is 10.1 Å². The molecular weight excluding hydrogens is 374 g/mol. The van der Waals surface area contributed by atoms with E-state index in [-0.39, 0.29) is 5.91 Å². The highest BCUT2D eigenvalue weighted by molar-refractivity contribution is 6.30. The molecule has 0 bridgehead atoms. The van der Waals surface area contributed by atoms with E-state index < -0.39 is 6.04 Å². The van der Waals surface area contributed by atoms with Crippen molar-refractivity contribution >= 4 is 29.1 Å². The van der Waals surface area contributed by atoms with Crippen LogP contribution in [-0.2, 0) is 4.79 Å². The fraction of sp³-hybridized carbons (Fsp3) is 0.190. The Morgan fingerprint density at radius 3 is 2.61 bits per heavy atom. The molecular formula is C21H20ClN5O.